The van der Waals surface area contributed by atoms with Crippen LogP contribution in [0.2, 0.25) is 5.02 Å². The summed E-state index contributed by atoms with van der Waals surface area (Å²) < 4.78 is 0. The maximum atomic E-state index is 6.23. The quantitative estimate of drug-likeness (QED) is 0.790. The second-order valence-corrected chi connectivity index (χ2v) is 7.14. The number of aryl methyl sites for hydroxylation is 1. The minimum Gasteiger partial charge on any atom is -0.367 e. The average molecular weight is 344 g/mol. The van der Waals surface area contributed by atoms with Crippen molar-refractivity contribution in [2.24, 2.45) is 5.92 Å². The Balaban J connectivity index is 1.55. The molecule has 0 aliphatic heterocycles. The molecule has 0 spiro atoms. The van der Waals surface area contributed by atoms with Gasteiger partial charge < -0.3 is 10.6 Å². The van der Waals surface area contributed by atoms with E-state index >= 15 is 0 Å². The summed E-state index contributed by atoms with van der Waals surface area (Å²) in [7, 11) is 0. The monoisotopic (exact) mass is 343 g/mol. The molecule has 2 N–H and O–H groups in total. The van der Waals surface area contributed by atoms with Gasteiger partial charge in [0.25, 0.3) is 0 Å². The molecule has 1 aliphatic carbocycles. The Labute approximate surface area is 149 Å². The van der Waals surface area contributed by atoms with Gasteiger partial charge in [-0.3, -0.25) is 0 Å². The summed E-state index contributed by atoms with van der Waals surface area (Å²) in [6, 6.07) is 13.0. The SMILES string of the molecule is Cc1cnc(NC2CCCCC2CNCc2ccccc2)cc1Cl. The van der Waals surface area contributed by atoms with Crippen LogP contribution in [0.5, 0.6) is 0 Å². The van der Waals surface area contributed by atoms with Gasteiger partial charge >= 0.3 is 0 Å². The zero-order chi connectivity index (χ0) is 16.8. The van der Waals surface area contributed by atoms with E-state index in [1.54, 1.807) is 0 Å². The number of pyridine rings is 1. The molecule has 2 unspecified atom stereocenters. The highest BCUT2D eigenvalue weighted by atomic mass is 35.5. The first-order valence-corrected chi connectivity index (χ1v) is 9.23. The number of nitrogens with zero attached hydrogens (tertiary/aromatic N) is 1. The Morgan fingerprint density at radius 3 is 2.75 bits per heavy atom. The van der Waals surface area contributed by atoms with Crippen LogP contribution in [-0.4, -0.2) is 17.6 Å². The molecule has 1 heterocycles. The van der Waals surface area contributed by atoms with Crippen molar-refractivity contribution in [1.82, 2.24) is 10.3 Å². The lowest BCUT2D eigenvalue weighted by atomic mass is 9.84. The Morgan fingerprint density at radius 2 is 1.96 bits per heavy atom. The van der Waals surface area contributed by atoms with Crippen LogP contribution in [0.3, 0.4) is 0 Å². The van der Waals surface area contributed by atoms with Gasteiger partial charge in [-0.15, -0.1) is 0 Å². The fourth-order valence-electron chi connectivity index (χ4n) is 3.41. The molecule has 1 saturated carbocycles. The van der Waals surface area contributed by atoms with Crippen molar-refractivity contribution in [3.63, 3.8) is 0 Å². The highest BCUT2D eigenvalue weighted by Crippen LogP contribution is 2.27. The van der Waals surface area contributed by atoms with E-state index in [1.165, 1.54) is 31.2 Å². The molecule has 1 aliphatic rings. The molecule has 24 heavy (non-hydrogen) atoms. The molecular weight excluding hydrogens is 318 g/mol. The average Bonchev–Trinajstić information content (AvgIpc) is 2.61. The third-order valence-electron chi connectivity index (χ3n) is 4.86. The van der Waals surface area contributed by atoms with Gasteiger partial charge in [-0.1, -0.05) is 54.8 Å². The Morgan fingerprint density at radius 1 is 1.17 bits per heavy atom. The third-order valence-corrected chi connectivity index (χ3v) is 5.27. The summed E-state index contributed by atoms with van der Waals surface area (Å²) in [4.78, 5) is 4.48. The number of aromatic nitrogens is 1. The van der Waals surface area contributed by atoms with Crippen LogP contribution in [0, 0.1) is 12.8 Å². The van der Waals surface area contributed by atoms with Crippen molar-refractivity contribution >= 4 is 17.4 Å². The molecule has 3 nitrogen and oxygen atoms in total. The van der Waals surface area contributed by atoms with Gasteiger partial charge in [0.2, 0.25) is 0 Å². The van der Waals surface area contributed by atoms with Gasteiger partial charge in [-0.2, -0.15) is 0 Å². The lowest BCUT2D eigenvalue weighted by molar-refractivity contribution is 0.311. The van der Waals surface area contributed by atoms with Gasteiger partial charge in [0.1, 0.15) is 5.82 Å². The molecule has 0 radical (unpaired) electrons. The first kappa shape index (κ1) is 17.2. The van der Waals surface area contributed by atoms with Crippen LogP contribution in [0.15, 0.2) is 42.6 Å². The smallest absolute Gasteiger partial charge is 0.127 e. The van der Waals surface area contributed by atoms with Gasteiger partial charge in [0, 0.05) is 30.4 Å². The molecule has 0 bridgehead atoms. The van der Waals surface area contributed by atoms with E-state index in [9.17, 15) is 0 Å². The maximum absolute atomic E-state index is 6.23. The molecule has 2 atom stereocenters. The number of halogens is 1. The van der Waals surface area contributed by atoms with Crippen molar-refractivity contribution < 1.29 is 0 Å². The summed E-state index contributed by atoms with van der Waals surface area (Å²) >= 11 is 6.23. The van der Waals surface area contributed by atoms with Crippen molar-refractivity contribution in [3.05, 3.63) is 58.7 Å². The molecule has 3 rings (SSSR count). The van der Waals surface area contributed by atoms with E-state index in [0.717, 1.165) is 29.5 Å². The van der Waals surface area contributed by atoms with E-state index in [0.29, 0.717) is 12.0 Å². The molecule has 1 fully saturated rings. The lowest BCUT2D eigenvalue weighted by Gasteiger charge is -2.33. The zero-order valence-electron chi connectivity index (χ0n) is 14.3. The first-order valence-electron chi connectivity index (χ1n) is 8.85. The number of rotatable bonds is 6. The minimum atomic E-state index is 0.466. The van der Waals surface area contributed by atoms with Crippen LogP contribution < -0.4 is 10.6 Å². The Bertz CT molecular complexity index is 645. The topological polar surface area (TPSA) is 37.0 Å². The molecule has 4 heteroatoms. The van der Waals surface area contributed by atoms with Crippen molar-refractivity contribution in [2.75, 3.05) is 11.9 Å². The number of benzene rings is 1. The van der Waals surface area contributed by atoms with Crippen LogP contribution in [0.4, 0.5) is 5.82 Å². The van der Waals surface area contributed by atoms with Gasteiger partial charge in [-0.25, -0.2) is 4.98 Å². The molecule has 0 amide bonds. The lowest BCUT2D eigenvalue weighted by Crippen LogP contribution is -2.38. The van der Waals surface area contributed by atoms with Gasteiger partial charge in [0.05, 0.1) is 0 Å². The zero-order valence-corrected chi connectivity index (χ0v) is 15.0. The van der Waals surface area contributed by atoms with Crippen LogP contribution in [-0.2, 0) is 6.54 Å². The fraction of sp³-hybridized carbons (Fsp3) is 0.450. The number of anilines is 1. The molecule has 2 aromatic rings. The largest absolute Gasteiger partial charge is 0.367 e. The normalized spacial score (nSPS) is 20.8. The molecule has 0 saturated heterocycles. The summed E-state index contributed by atoms with van der Waals surface area (Å²) in [6.07, 6.45) is 6.91. The van der Waals surface area contributed by atoms with E-state index in [2.05, 4.69) is 45.9 Å². The van der Waals surface area contributed by atoms with E-state index in [1.807, 2.05) is 19.2 Å². The highest BCUT2D eigenvalue weighted by molar-refractivity contribution is 6.31. The van der Waals surface area contributed by atoms with Crippen LogP contribution in [0.25, 0.3) is 0 Å². The second-order valence-electron chi connectivity index (χ2n) is 6.73. The third kappa shape index (κ3) is 4.71. The molecule has 1 aromatic carbocycles. The summed E-state index contributed by atoms with van der Waals surface area (Å²) in [5.41, 5.74) is 2.36. The number of hydrogen-bond acceptors (Lipinski definition) is 3. The summed E-state index contributed by atoms with van der Waals surface area (Å²) in [5.74, 6) is 1.52. The van der Waals surface area contributed by atoms with E-state index in [-0.39, 0.29) is 0 Å². The predicted octanol–water partition coefficient (Wildman–Crippen LogP) is 4.80. The molecule has 1 aromatic heterocycles. The minimum absolute atomic E-state index is 0.466. The fourth-order valence-corrected chi connectivity index (χ4v) is 3.56. The van der Waals surface area contributed by atoms with E-state index < -0.39 is 0 Å². The van der Waals surface area contributed by atoms with Crippen LogP contribution in [0.1, 0.15) is 36.8 Å². The summed E-state index contributed by atoms with van der Waals surface area (Å²) in [5, 5.41) is 8.01. The van der Waals surface area contributed by atoms with Gasteiger partial charge in [-0.05, 0) is 42.9 Å². The molecule has 128 valence electrons. The van der Waals surface area contributed by atoms with E-state index in [4.69, 9.17) is 11.6 Å². The number of hydrogen-bond donors (Lipinski definition) is 2. The van der Waals surface area contributed by atoms with Crippen LogP contribution >= 0.6 is 11.6 Å². The summed E-state index contributed by atoms with van der Waals surface area (Å²) in [6.45, 7) is 3.95. The Kier molecular flexibility index (Phi) is 6.11. The highest BCUT2D eigenvalue weighted by Gasteiger charge is 2.25. The van der Waals surface area contributed by atoms with Crippen molar-refractivity contribution in [1.29, 1.82) is 0 Å². The standard InChI is InChI=1S/C20H26ClN3/c1-15-12-23-20(11-18(15)21)24-19-10-6-5-9-17(19)14-22-13-16-7-3-2-4-8-16/h2-4,7-8,11-12,17,19,22H,5-6,9-10,13-14H2,1H3,(H,23,24). The second kappa shape index (κ2) is 8.50. The Hall–Kier alpha value is -1.58. The van der Waals surface area contributed by atoms with Crippen molar-refractivity contribution in [2.45, 2.75) is 45.2 Å². The maximum Gasteiger partial charge on any atom is 0.127 e. The number of nitrogens with one attached hydrogen (secondary N) is 2. The molecular formula is C20H26ClN3. The first-order chi connectivity index (χ1) is 11.7. The van der Waals surface area contributed by atoms with Gasteiger partial charge in [0.15, 0.2) is 0 Å². The predicted molar refractivity (Wildman–Crippen MR) is 102 cm³/mol. The van der Waals surface area contributed by atoms with Crippen molar-refractivity contribution in [3.8, 4) is 0 Å².